The van der Waals surface area contributed by atoms with E-state index in [1.54, 1.807) is 0 Å². The fourth-order valence-electron chi connectivity index (χ4n) is 0.339. The van der Waals surface area contributed by atoms with Gasteiger partial charge in [0.1, 0.15) is 6.04 Å². The van der Waals surface area contributed by atoms with Crippen LogP contribution in [0.1, 0.15) is 6.92 Å². The van der Waals surface area contributed by atoms with Crippen molar-refractivity contribution in [1.29, 1.82) is 0 Å². The summed E-state index contributed by atoms with van der Waals surface area (Å²) in [6, 6.07) is 0.768. The lowest BCUT2D eigenvalue weighted by molar-refractivity contribution is -0.902. The van der Waals surface area contributed by atoms with Crippen molar-refractivity contribution in [2.24, 2.45) is 0 Å². The molecule has 0 aromatic heterocycles. The lowest BCUT2D eigenvalue weighted by atomic mass is 10.3. The van der Waals surface area contributed by atoms with Gasteiger partial charge < -0.3 is 22.0 Å². The fraction of sp³-hybridized carbons (Fsp3) is 1.00. The average Bonchev–Trinajstić information content (AvgIpc) is 1.86. The molecule has 0 rings (SSSR count). The number of aliphatic hydroxyl groups excluding tert-OH is 1. The zero-order chi connectivity index (χ0) is 7.49. The number of hydrogen-bond acceptors (Lipinski definition) is 1. The molecular formula is C6H15Cl2NO. The van der Waals surface area contributed by atoms with Crippen molar-refractivity contribution in [2.45, 2.75) is 13.0 Å². The predicted octanol–water partition coefficient (Wildman–Crippen LogP) is -2.36. The van der Waals surface area contributed by atoms with Gasteiger partial charge in [-0.05, 0) is 6.92 Å². The Bertz CT molecular complexity index is 87.8. The third-order valence-corrected chi connectivity index (χ3v) is 2.38. The van der Waals surface area contributed by atoms with E-state index in [9.17, 15) is 0 Å². The predicted molar refractivity (Wildman–Crippen MR) is 39.4 cm³/mol. The number of quaternary nitrogens is 1. The van der Waals surface area contributed by atoms with Crippen LogP contribution >= 0.6 is 11.6 Å². The van der Waals surface area contributed by atoms with Crippen LogP contribution < -0.4 is 12.4 Å². The van der Waals surface area contributed by atoms with E-state index in [-0.39, 0.29) is 25.1 Å². The molecule has 0 aliphatic rings. The van der Waals surface area contributed by atoms with Crippen LogP contribution in [0.4, 0.5) is 0 Å². The van der Waals surface area contributed by atoms with Crippen LogP contribution in [-0.4, -0.2) is 42.3 Å². The first-order chi connectivity index (χ1) is 4.04. The first kappa shape index (κ1) is 13.1. The number of halogens is 2. The molecule has 0 aromatic carbocycles. The second kappa shape index (κ2) is 5.19. The molecule has 0 bridgehead atoms. The van der Waals surface area contributed by atoms with Crippen molar-refractivity contribution in [2.75, 3.05) is 26.7 Å². The zero-order valence-corrected chi connectivity index (χ0v) is 8.15. The molecule has 0 amide bonds. The number of likely N-dealkylation sites (N-methyl/N-ethyl adjacent to an activating group) is 1. The first-order valence-electron chi connectivity index (χ1n) is 3.04. The smallest absolute Gasteiger partial charge is 0.154 e. The summed E-state index contributed by atoms with van der Waals surface area (Å²) in [6.07, 6.45) is 0. The maximum atomic E-state index is 8.73. The van der Waals surface area contributed by atoms with Crippen molar-refractivity contribution < 1.29 is 22.0 Å². The molecular weight excluding hydrogens is 173 g/mol. The summed E-state index contributed by atoms with van der Waals surface area (Å²) in [5, 5.41) is 8.73. The van der Waals surface area contributed by atoms with Gasteiger partial charge in [-0.1, -0.05) is 11.6 Å². The second-order valence-electron chi connectivity index (χ2n) is 2.93. The third-order valence-electron chi connectivity index (χ3n) is 1.77. The monoisotopic (exact) mass is 187 g/mol. The van der Waals surface area contributed by atoms with Gasteiger partial charge in [-0.3, -0.25) is 0 Å². The zero-order valence-electron chi connectivity index (χ0n) is 6.64. The summed E-state index contributed by atoms with van der Waals surface area (Å²) < 4.78 is 0.665. The molecule has 2 nitrogen and oxygen atoms in total. The van der Waals surface area contributed by atoms with Crippen molar-refractivity contribution in [3.8, 4) is 0 Å². The highest BCUT2D eigenvalue weighted by atomic mass is 35.5. The number of hydrogen-bond donors (Lipinski definition) is 1. The van der Waals surface area contributed by atoms with Crippen LogP contribution in [0.25, 0.3) is 0 Å². The summed E-state index contributed by atoms with van der Waals surface area (Å²) >= 11 is 5.63. The molecule has 0 aromatic rings. The van der Waals surface area contributed by atoms with Crippen molar-refractivity contribution in [1.82, 2.24) is 0 Å². The van der Waals surface area contributed by atoms with Gasteiger partial charge in [-0.15, -0.1) is 0 Å². The van der Waals surface area contributed by atoms with Crippen LogP contribution in [0.2, 0.25) is 0 Å². The lowest BCUT2D eigenvalue weighted by Crippen LogP contribution is -3.00. The average molecular weight is 188 g/mol. The largest absolute Gasteiger partial charge is 1.00 e. The SMILES string of the molecule is CC(CO)[N+](C)(C)CCl.[Cl-]. The van der Waals surface area contributed by atoms with Gasteiger partial charge in [-0.25, -0.2) is 0 Å². The maximum absolute atomic E-state index is 8.73. The molecule has 0 saturated heterocycles. The third kappa shape index (κ3) is 3.62. The molecule has 10 heavy (non-hydrogen) atoms. The normalized spacial score (nSPS) is 14.1. The number of rotatable bonds is 3. The van der Waals surface area contributed by atoms with E-state index in [2.05, 4.69) is 0 Å². The Morgan fingerprint density at radius 1 is 1.50 bits per heavy atom. The molecule has 1 N–H and O–H groups in total. The van der Waals surface area contributed by atoms with Gasteiger partial charge in [0.2, 0.25) is 0 Å². The Morgan fingerprint density at radius 2 is 1.90 bits per heavy atom. The number of alkyl halides is 1. The van der Waals surface area contributed by atoms with Crippen molar-refractivity contribution >= 4 is 11.6 Å². The summed E-state index contributed by atoms with van der Waals surface area (Å²) in [5.74, 6) is 0. The number of nitrogens with zero attached hydrogens (tertiary/aromatic N) is 1. The fourth-order valence-corrected chi connectivity index (χ4v) is 0.574. The molecule has 0 saturated carbocycles. The maximum Gasteiger partial charge on any atom is 0.154 e. The quantitative estimate of drug-likeness (QED) is 0.298. The van der Waals surface area contributed by atoms with Gasteiger partial charge >= 0.3 is 0 Å². The van der Waals surface area contributed by atoms with E-state index >= 15 is 0 Å². The highest BCUT2D eigenvalue weighted by molar-refractivity contribution is 6.16. The summed E-state index contributed by atoms with van der Waals surface area (Å²) in [4.78, 5) is 0. The minimum atomic E-state index is 0. The van der Waals surface area contributed by atoms with Gasteiger partial charge in [0.25, 0.3) is 0 Å². The molecule has 1 unspecified atom stereocenters. The van der Waals surface area contributed by atoms with E-state index in [1.807, 2.05) is 21.0 Å². The Kier molecular flexibility index (Phi) is 6.81. The van der Waals surface area contributed by atoms with Crippen LogP contribution in [0.15, 0.2) is 0 Å². The molecule has 0 radical (unpaired) electrons. The van der Waals surface area contributed by atoms with Gasteiger partial charge in [0, 0.05) is 0 Å². The van der Waals surface area contributed by atoms with Crippen LogP contribution in [0, 0.1) is 0 Å². The number of aliphatic hydroxyl groups is 1. The molecule has 64 valence electrons. The Morgan fingerprint density at radius 3 is 2.00 bits per heavy atom. The Balaban J connectivity index is 0. The molecule has 1 atom stereocenters. The van der Waals surface area contributed by atoms with E-state index in [0.717, 1.165) is 0 Å². The van der Waals surface area contributed by atoms with Crippen LogP contribution in [0.5, 0.6) is 0 Å². The minimum Gasteiger partial charge on any atom is -1.00 e. The molecule has 0 spiro atoms. The minimum absolute atomic E-state index is 0. The lowest BCUT2D eigenvalue weighted by Gasteiger charge is -2.32. The van der Waals surface area contributed by atoms with Crippen LogP contribution in [-0.2, 0) is 0 Å². The molecule has 4 heteroatoms. The van der Waals surface area contributed by atoms with E-state index in [0.29, 0.717) is 10.5 Å². The molecule has 0 aliphatic carbocycles. The first-order valence-corrected chi connectivity index (χ1v) is 3.57. The summed E-state index contributed by atoms with van der Waals surface area (Å²) in [6.45, 7) is 2.17. The highest BCUT2D eigenvalue weighted by Gasteiger charge is 2.20. The van der Waals surface area contributed by atoms with Crippen molar-refractivity contribution in [3.63, 3.8) is 0 Å². The Hall–Kier alpha value is 0.500. The molecule has 0 heterocycles. The summed E-state index contributed by atoms with van der Waals surface area (Å²) in [7, 11) is 3.99. The van der Waals surface area contributed by atoms with Crippen molar-refractivity contribution in [3.05, 3.63) is 0 Å². The van der Waals surface area contributed by atoms with Gasteiger partial charge in [0.15, 0.2) is 6.00 Å². The standard InChI is InChI=1S/C6H15ClNO.ClH/c1-6(4-9)8(2,3)5-7;/h6,9H,4-5H2,1-3H3;1H/q+1;/p-1. The summed E-state index contributed by atoms with van der Waals surface area (Å²) in [5.41, 5.74) is 0. The van der Waals surface area contributed by atoms with E-state index < -0.39 is 0 Å². The topological polar surface area (TPSA) is 20.2 Å². The Labute approximate surface area is 73.8 Å². The molecule has 0 aliphatic heterocycles. The van der Waals surface area contributed by atoms with E-state index in [1.165, 1.54) is 0 Å². The van der Waals surface area contributed by atoms with E-state index in [4.69, 9.17) is 16.7 Å². The van der Waals surface area contributed by atoms with Gasteiger partial charge in [-0.2, -0.15) is 0 Å². The van der Waals surface area contributed by atoms with Crippen LogP contribution in [0.3, 0.4) is 0 Å². The highest BCUT2D eigenvalue weighted by Crippen LogP contribution is 2.06. The van der Waals surface area contributed by atoms with Gasteiger partial charge in [0.05, 0.1) is 20.7 Å². The second-order valence-corrected chi connectivity index (χ2v) is 3.17. The molecule has 0 fully saturated rings.